The van der Waals surface area contributed by atoms with Crippen molar-refractivity contribution in [1.82, 2.24) is 19.9 Å². The minimum Gasteiger partial charge on any atom is -0.406 e. The molecule has 0 amide bonds. The van der Waals surface area contributed by atoms with E-state index in [-0.39, 0.29) is 17.5 Å². The second-order valence-corrected chi connectivity index (χ2v) is 9.84. The van der Waals surface area contributed by atoms with E-state index in [0.717, 1.165) is 65.7 Å². The van der Waals surface area contributed by atoms with Crippen LogP contribution in [-0.4, -0.2) is 39.4 Å². The van der Waals surface area contributed by atoms with Crippen molar-refractivity contribution >= 4 is 17.5 Å². The van der Waals surface area contributed by atoms with Crippen molar-refractivity contribution in [2.45, 2.75) is 38.5 Å². The van der Waals surface area contributed by atoms with Crippen LogP contribution in [0.25, 0.3) is 22.9 Å². The number of hydrogen-bond acceptors (Lipinski definition) is 5. The van der Waals surface area contributed by atoms with Crippen LogP contribution in [0.15, 0.2) is 54.9 Å². The SMILES string of the molecule is Cc1[nH]c(C2CCN(c3ncnc4c3C=C(c3ccc(F)cc3)C4)CC2)nc1-c1cccc(OC(F)(F)F)c1. The summed E-state index contributed by atoms with van der Waals surface area (Å²) in [4.78, 5) is 19.5. The van der Waals surface area contributed by atoms with Crippen LogP contribution in [0.4, 0.5) is 23.4 Å². The maximum absolute atomic E-state index is 13.4. The second kappa shape index (κ2) is 9.83. The molecule has 39 heavy (non-hydrogen) atoms. The second-order valence-electron chi connectivity index (χ2n) is 9.84. The molecular formula is C29H25F4N5O. The third-order valence-corrected chi connectivity index (χ3v) is 7.26. The van der Waals surface area contributed by atoms with Gasteiger partial charge in [-0.15, -0.1) is 13.2 Å². The number of alkyl halides is 3. The fourth-order valence-electron chi connectivity index (χ4n) is 5.38. The van der Waals surface area contributed by atoms with E-state index < -0.39 is 6.36 Å². The molecule has 4 aromatic rings. The van der Waals surface area contributed by atoms with Crippen molar-refractivity contribution in [2.24, 2.45) is 0 Å². The van der Waals surface area contributed by atoms with Crippen LogP contribution in [0.2, 0.25) is 0 Å². The highest BCUT2D eigenvalue weighted by Crippen LogP contribution is 2.38. The number of ether oxygens (including phenoxy) is 1. The number of benzene rings is 2. The average molecular weight is 536 g/mol. The van der Waals surface area contributed by atoms with Gasteiger partial charge in [-0.2, -0.15) is 0 Å². The molecule has 1 aliphatic heterocycles. The summed E-state index contributed by atoms with van der Waals surface area (Å²) < 4.78 is 55.5. The molecule has 0 atom stereocenters. The normalized spacial score (nSPS) is 15.8. The minimum absolute atomic E-state index is 0.184. The molecule has 0 spiro atoms. The van der Waals surface area contributed by atoms with Crippen LogP contribution >= 0.6 is 0 Å². The zero-order valence-electron chi connectivity index (χ0n) is 21.1. The molecule has 6 rings (SSSR count). The Bertz CT molecular complexity index is 1540. The van der Waals surface area contributed by atoms with E-state index in [9.17, 15) is 17.6 Å². The number of piperidine rings is 1. The fraction of sp³-hybridized carbons (Fsp3) is 0.276. The number of rotatable bonds is 5. The Morgan fingerprint density at radius 3 is 2.51 bits per heavy atom. The highest BCUT2D eigenvalue weighted by Gasteiger charge is 2.31. The van der Waals surface area contributed by atoms with Crippen LogP contribution in [0.1, 0.15) is 47.1 Å². The molecule has 0 radical (unpaired) electrons. The summed E-state index contributed by atoms with van der Waals surface area (Å²) in [5, 5.41) is 0. The smallest absolute Gasteiger partial charge is 0.406 e. The number of nitrogens with zero attached hydrogens (tertiary/aromatic N) is 4. The lowest BCUT2D eigenvalue weighted by Gasteiger charge is -2.32. The van der Waals surface area contributed by atoms with Gasteiger partial charge in [0.25, 0.3) is 0 Å². The van der Waals surface area contributed by atoms with E-state index in [4.69, 9.17) is 4.98 Å². The van der Waals surface area contributed by atoms with Gasteiger partial charge in [-0.05, 0) is 61.2 Å². The quantitative estimate of drug-likeness (QED) is 0.288. The molecule has 2 aliphatic rings. The molecule has 2 aromatic heterocycles. The first kappa shape index (κ1) is 25.1. The Labute approximate surface area is 222 Å². The number of aromatic nitrogens is 4. The number of H-pyrrole nitrogens is 1. The Balaban J connectivity index is 1.17. The molecule has 1 aliphatic carbocycles. The molecule has 200 valence electrons. The molecule has 0 saturated carbocycles. The van der Waals surface area contributed by atoms with Gasteiger partial charge >= 0.3 is 6.36 Å². The summed E-state index contributed by atoms with van der Waals surface area (Å²) in [6, 6.07) is 12.4. The molecule has 2 aromatic carbocycles. The standard InChI is InChI=1S/C29H25F4N5O/c1-17-26(20-3-2-4-23(13-20)39-29(31,32)33)37-27(36-17)19-9-11-38(12-10-19)28-24-14-21(15-25(24)34-16-35-28)18-5-7-22(30)8-6-18/h2-8,13-14,16,19H,9-12,15H2,1H3,(H,36,37). The Hall–Kier alpha value is -4.21. The molecule has 1 saturated heterocycles. The number of allylic oxidation sites excluding steroid dienone is 1. The van der Waals surface area contributed by atoms with Gasteiger partial charge in [-0.1, -0.05) is 24.3 Å². The van der Waals surface area contributed by atoms with Gasteiger partial charge in [-0.25, -0.2) is 19.3 Å². The van der Waals surface area contributed by atoms with Gasteiger partial charge in [-0.3, -0.25) is 0 Å². The Morgan fingerprint density at radius 1 is 1.00 bits per heavy atom. The molecule has 10 heteroatoms. The number of nitrogens with one attached hydrogen (secondary N) is 1. The predicted molar refractivity (Wildman–Crippen MR) is 140 cm³/mol. The average Bonchev–Trinajstić information content (AvgIpc) is 3.52. The van der Waals surface area contributed by atoms with Crippen LogP contribution in [0, 0.1) is 12.7 Å². The zero-order chi connectivity index (χ0) is 27.1. The van der Waals surface area contributed by atoms with Gasteiger partial charge in [0, 0.05) is 42.2 Å². The summed E-state index contributed by atoms with van der Waals surface area (Å²) in [6.07, 6.45) is 1.31. The minimum atomic E-state index is -4.75. The lowest BCUT2D eigenvalue weighted by Crippen LogP contribution is -2.34. The molecule has 0 unspecified atom stereocenters. The lowest BCUT2D eigenvalue weighted by atomic mass is 9.96. The first-order valence-corrected chi connectivity index (χ1v) is 12.7. The third-order valence-electron chi connectivity index (χ3n) is 7.26. The molecule has 6 nitrogen and oxygen atoms in total. The summed E-state index contributed by atoms with van der Waals surface area (Å²) in [6.45, 7) is 3.42. The molecule has 1 N–H and O–H groups in total. The maximum atomic E-state index is 13.4. The van der Waals surface area contributed by atoms with Gasteiger partial charge in [0.15, 0.2) is 0 Å². The third kappa shape index (κ3) is 5.23. The van der Waals surface area contributed by atoms with Crippen molar-refractivity contribution in [2.75, 3.05) is 18.0 Å². The van der Waals surface area contributed by atoms with E-state index >= 15 is 0 Å². The van der Waals surface area contributed by atoms with Gasteiger partial charge in [0.1, 0.15) is 29.5 Å². The zero-order valence-corrected chi connectivity index (χ0v) is 21.1. The maximum Gasteiger partial charge on any atom is 0.573 e. The van der Waals surface area contributed by atoms with Crippen LogP contribution < -0.4 is 9.64 Å². The largest absolute Gasteiger partial charge is 0.573 e. The van der Waals surface area contributed by atoms with E-state index in [2.05, 4.69) is 30.7 Å². The van der Waals surface area contributed by atoms with Crippen molar-refractivity contribution in [3.63, 3.8) is 0 Å². The van der Waals surface area contributed by atoms with Gasteiger partial charge in [0.05, 0.1) is 11.4 Å². The highest BCUT2D eigenvalue weighted by atomic mass is 19.4. The van der Waals surface area contributed by atoms with Crippen LogP contribution in [0.3, 0.4) is 0 Å². The summed E-state index contributed by atoms with van der Waals surface area (Å²) in [7, 11) is 0. The van der Waals surface area contributed by atoms with Gasteiger partial charge < -0.3 is 14.6 Å². The lowest BCUT2D eigenvalue weighted by molar-refractivity contribution is -0.274. The van der Waals surface area contributed by atoms with Gasteiger partial charge in [0.2, 0.25) is 0 Å². The van der Waals surface area contributed by atoms with E-state index in [1.807, 2.05) is 6.92 Å². The number of imidazole rings is 1. The number of aromatic amines is 1. The summed E-state index contributed by atoms with van der Waals surface area (Å²) in [5.41, 5.74) is 6.01. The van der Waals surface area contributed by atoms with Crippen LogP contribution in [0.5, 0.6) is 5.75 Å². The molecule has 0 bridgehead atoms. The molecule has 1 fully saturated rings. The van der Waals surface area contributed by atoms with Crippen molar-refractivity contribution in [3.8, 4) is 17.0 Å². The van der Waals surface area contributed by atoms with Crippen molar-refractivity contribution in [3.05, 3.63) is 89.0 Å². The highest BCUT2D eigenvalue weighted by molar-refractivity contribution is 5.91. The first-order chi connectivity index (χ1) is 18.7. The number of fused-ring (bicyclic) bond motifs is 1. The van der Waals surface area contributed by atoms with E-state index in [0.29, 0.717) is 17.7 Å². The number of anilines is 1. The monoisotopic (exact) mass is 535 g/mol. The van der Waals surface area contributed by atoms with Crippen LogP contribution in [-0.2, 0) is 6.42 Å². The molecule has 3 heterocycles. The summed E-state index contributed by atoms with van der Waals surface area (Å²) in [5.74, 6) is 1.37. The first-order valence-electron chi connectivity index (χ1n) is 12.7. The van der Waals surface area contributed by atoms with E-state index in [1.165, 1.54) is 30.3 Å². The number of hydrogen-bond donors (Lipinski definition) is 1. The number of halogens is 4. The van der Waals surface area contributed by atoms with Crippen molar-refractivity contribution < 1.29 is 22.3 Å². The topological polar surface area (TPSA) is 66.9 Å². The Morgan fingerprint density at radius 2 is 1.77 bits per heavy atom. The number of aryl methyl sites for hydroxylation is 1. The predicted octanol–water partition coefficient (Wildman–Crippen LogP) is 6.69. The van der Waals surface area contributed by atoms with E-state index in [1.54, 1.807) is 24.5 Å². The summed E-state index contributed by atoms with van der Waals surface area (Å²) >= 11 is 0. The molecular weight excluding hydrogens is 510 g/mol. The fourth-order valence-corrected chi connectivity index (χ4v) is 5.38. The van der Waals surface area contributed by atoms with Crippen molar-refractivity contribution in [1.29, 1.82) is 0 Å². The Kier molecular flexibility index (Phi) is 6.32.